The van der Waals surface area contributed by atoms with Crippen molar-refractivity contribution in [2.24, 2.45) is 0 Å². The van der Waals surface area contributed by atoms with E-state index in [2.05, 4.69) is 28.6 Å². The lowest BCUT2D eigenvalue weighted by molar-refractivity contribution is 1.91. The molecule has 0 aromatic carbocycles. The van der Waals surface area contributed by atoms with Crippen molar-refractivity contribution in [3.63, 3.8) is 0 Å². The zero-order chi connectivity index (χ0) is 4.50. The van der Waals surface area contributed by atoms with Gasteiger partial charge in [0.1, 0.15) is 0 Å². The predicted octanol–water partition coefficient (Wildman–Crippen LogP) is 2.40. The average molecular weight is 196 g/mol. The van der Waals surface area contributed by atoms with E-state index in [0.717, 1.165) is 0 Å². The van der Waals surface area contributed by atoms with Crippen molar-refractivity contribution < 1.29 is 0 Å². The van der Waals surface area contributed by atoms with Gasteiger partial charge in [-0.15, -0.1) is 12.6 Å². The zero-order valence-corrected chi connectivity index (χ0v) is 6.07. The van der Waals surface area contributed by atoms with Gasteiger partial charge >= 0.3 is 0 Å². The Morgan fingerprint density at radius 3 is 1.60 bits per heavy atom. The number of rotatable bonds is 0. The van der Waals surface area contributed by atoms with E-state index in [1.807, 2.05) is 0 Å². The minimum atomic E-state index is -1.05. The van der Waals surface area contributed by atoms with E-state index in [1.54, 1.807) is 0 Å². The van der Waals surface area contributed by atoms with Gasteiger partial charge in [0.05, 0.1) is 0 Å². The summed E-state index contributed by atoms with van der Waals surface area (Å²) in [7, 11) is 0. The van der Waals surface area contributed by atoms with E-state index in [1.165, 1.54) is 0 Å². The molecule has 0 atom stereocenters. The number of halogens is 3. The smallest absolute Gasteiger partial charge is 0.129 e. The highest BCUT2D eigenvalue weighted by molar-refractivity contribution is 9.12. The van der Waals surface area contributed by atoms with Gasteiger partial charge in [0.2, 0.25) is 2.57 Å². The molecular weight excluding hydrogens is 195 g/mol. The summed E-state index contributed by atoms with van der Waals surface area (Å²) in [6.07, 6.45) is 0. The Kier molecular flexibility index (Phi) is 2.46. The molecule has 0 aliphatic carbocycles. The average Bonchev–Trinajstić information content (AvgIpc) is 0.722. The van der Waals surface area contributed by atoms with Gasteiger partial charge in [-0.2, -0.15) is 0 Å². The normalized spacial score (nSPS) is 12.0. The Hall–Kier alpha value is 1.41. The van der Waals surface area contributed by atoms with Crippen molar-refractivity contribution in [3.8, 4) is 0 Å². The molecule has 0 bridgehead atoms. The lowest BCUT2D eigenvalue weighted by atomic mass is 11.9. The number of alkyl halides is 3. The van der Waals surface area contributed by atoms with Crippen molar-refractivity contribution in [2.45, 2.75) is 2.57 Å². The van der Waals surface area contributed by atoms with Gasteiger partial charge in [-0.3, -0.25) is 0 Å². The molecule has 32 valence electrons. The second-order valence-electron chi connectivity index (χ2n) is 0.468. The minimum absolute atomic E-state index is 1.05. The first-order valence-corrected chi connectivity index (χ1v) is 2.79. The molecule has 0 saturated carbocycles. The van der Waals surface area contributed by atoms with Crippen molar-refractivity contribution in [1.82, 2.24) is 0 Å². The van der Waals surface area contributed by atoms with Crippen molar-refractivity contribution in [2.75, 3.05) is 0 Å². The number of hydrogen-bond donors (Lipinski definition) is 1. The lowest BCUT2D eigenvalue weighted by Crippen LogP contribution is -1.80. The van der Waals surface area contributed by atoms with Gasteiger partial charge in [0.25, 0.3) is 0 Å². The van der Waals surface area contributed by atoms with Crippen LogP contribution in [0, 0.1) is 0 Å². The van der Waals surface area contributed by atoms with Crippen LogP contribution in [0.2, 0.25) is 0 Å². The molecule has 0 fully saturated rings. The maximum atomic E-state index is 5.08. The van der Waals surface area contributed by atoms with Crippen LogP contribution >= 0.6 is 51.8 Å². The molecule has 0 saturated heterocycles. The van der Waals surface area contributed by atoms with Crippen LogP contribution in [0.4, 0.5) is 0 Å². The topological polar surface area (TPSA) is 0 Å². The maximum absolute atomic E-state index is 5.08. The second kappa shape index (κ2) is 1.92. The molecule has 4 heteroatoms. The van der Waals surface area contributed by atoms with Crippen molar-refractivity contribution >= 4 is 51.8 Å². The second-order valence-corrected chi connectivity index (χ2v) is 5.71. The SMILES string of the molecule is SC(Cl)(Cl)Br. The number of hydrogen-bond acceptors (Lipinski definition) is 1. The Bertz CT molecular complexity index is 25.1. The third-order valence-corrected chi connectivity index (χ3v) is 0. The van der Waals surface area contributed by atoms with Gasteiger partial charge in [-0.05, 0) is 15.9 Å². The first kappa shape index (κ1) is 6.41. The minimum Gasteiger partial charge on any atom is -0.129 e. The molecule has 0 unspecified atom stereocenters. The van der Waals surface area contributed by atoms with Crippen LogP contribution in [0.3, 0.4) is 0 Å². The van der Waals surface area contributed by atoms with Gasteiger partial charge < -0.3 is 0 Å². The zero-order valence-electron chi connectivity index (χ0n) is 2.08. The third-order valence-electron chi connectivity index (χ3n) is 0. The van der Waals surface area contributed by atoms with Crippen LogP contribution in [-0.2, 0) is 0 Å². The molecule has 0 radical (unpaired) electrons. The van der Waals surface area contributed by atoms with E-state index in [4.69, 9.17) is 23.2 Å². The molecule has 0 amide bonds. The highest BCUT2D eigenvalue weighted by Gasteiger charge is 2.07. The van der Waals surface area contributed by atoms with E-state index < -0.39 is 2.57 Å². The Labute approximate surface area is 54.4 Å². The Morgan fingerprint density at radius 2 is 1.60 bits per heavy atom. The molecule has 0 N–H and O–H groups in total. The summed E-state index contributed by atoms with van der Waals surface area (Å²) in [4.78, 5) is 0. The predicted molar refractivity (Wildman–Crippen MR) is 32.4 cm³/mol. The first-order valence-electron chi connectivity index (χ1n) is 0.791. The summed E-state index contributed by atoms with van der Waals surface area (Å²) in [5.41, 5.74) is 0. The highest BCUT2D eigenvalue weighted by atomic mass is 79.9. The van der Waals surface area contributed by atoms with E-state index in [9.17, 15) is 0 Å². The molecular formula is CHBrCl2S. The summed E-state index contributed by atoms with van der Waals surface area (Å²) < 4.78 is -1.05. The third kappa shape index (κ3) is 31.6. The van der Waals surface area contributed by atoms with E-state index in [-0.39, 0.29) is 0 Å². The summed E-state index contributed by atoms with van der Waals surface area (Å²) in [6.45, 7) is 0. The fraction of sp³-hybridized carbons (Fsp3) is 1.00. The van der Waals surface area contributed by atoms with Crippen LogP contribution in [0.25, 0.3) is 0 Å². The van der Waals surface area contributed by atoms with E-state index in [0.29, 0.717) is 0 Å². The van der Waals surface area contributed by atoms with Gasteiger partial charge in [0.15, 0.2) is 0 Å². The Balaban J connectivity index is 3.02. The lowest BCUT2D eigenvalue weighted by Gasteiger charge is -1.94. The van der Waals surface area contributed by atoms with E-state index >= 15 is 0 Å². The van der Waals surface area contributed by atoms with Gasteiger partial charge in [-0.25, -0.2) is 0 Å². The van der Waals surface area contributed by atoms with Gasteiger partial charge in [-0.1, -0.05) is 23.2 Å². The molecule has 0 spiro atoms. The van der Waals surface area contributed by atoms with Crippen LogP contribution in [0.1, 0.15) is 0 Å². The molecule has 0 heterocycles. The summed E-state index contributed by atoms with van der Waals surface area (Å²) in [5.74, 6) is 0. The molecule has 0 aromatic heterocycles. The summed E-state index contributed by atoms with van der Waals surface area (Å²) in [5, 5.41) is 0. The fourth-order valence-corrected chi connectivity index (χ4v) is 0. The maximum Gasteiger partial charge on any atom is 0.215 e. The molecule has 0 rings (SSSR count). The van der Waals surface area contributed by atoms with Gasteiger partial charge in [0, 0.05) is 0 Å². The standard InChI is InChI=1S/CHBrCl2S/c2-1(3,4)5/h5H. The first-order chi connectivity index (χ1) is 2.00. The monoisotopic (exact) mass is 194 g/mol. The van der Waals surface area contributed by atoms with Crippen molar-refractivity contribution in [3.05, 3.63) is 0 Å². The quantitative estimate of drug-likeness (QED) is 0.446. The molecule has 0 aromatic rings. The van der Waals surface area contributed by atoms with Crippen molar-refractivity contribution in [1.29, 1.82) is 0 Å². The number of thiol groups is 1. The Morgan fingerprint density at radius 1 is 1.60 bits per heavy atom. The molecule has 0 aliphatic rings. The fourth-order valence-electron chi connectivity index (χ4n) is 0. The molecule has 0 nitrogen and oxygen atoms in total. The molecule has 5 heavy (non-hydrogen) atoms. The summed E-state index contributed by atoms with van der Waals surface area (Å²) >= 11 is 16.5. The highest BCUT2D eigenvalue weighted by Crippen LogP contribution is 2.31. The summed E-state index contributed by atoms with van der Waals surface area (Å²) in [6, 6.07) is 0. The largest absolute Gasteiger partial charge is 0.215 e. The van der Waals surface area contributed by atoms with Crippen LogP contribution in [0.5, 0.6) is 0 Å². The van der Waals surface area contributed by atoms with Crippen LogP contribution in [0.15, 0.2) is 0 Å². The van der Waals surface area contributed by atoms with Crippen LogP contribution < -0.4 is 0 Å². The molecule has 0 aliphatic heterocycles. The van der Waals surface area contributed by atoms with Crippen LogP contribution in [-0.4, -0.2) is 2.57 Å².